The molecule has 0 unspecified atom stereocenters. The number of phenols is 2. The molecule has 2 N–H and O–H groups in total. The lowest BCUT2D eigenvalue weighted by molar-refractivity contribution is 0.412. The molecule has 0 amide bonds. The first-order valence-electron chi connectivity index (χ1n) is 5.84. The van der Waals surface area contributed by atoms with Gasteiger partial charge >= 0.3 is 0 Å². The Labute approximate surface area is 111 Å². The molecule has 4 nitrogen and oxygen atoms in total. The van der Waals surface area contributed by atoms with E-state index in [0.717, 1.165) is 5.56 Å². The number of phenolic OH excluding ortho intramolecular Hbond substituents is 2. The number of para-hydroxylation sites is 1. The summed E-state index contributed by atoms with van der Waals surface area (Å²) in [6.45, 7) is 0.351. The maximum absolute atomic E-state index is 9.69. The summed E-state index contributed by atoms with van der Waals surface area (Å²) in [6, 6.07) is 12.0. The van der Waals surface area contributed by atoms with Crippen molar-refractivity contribution in [1.29, 1.82) is 0 Å². The van der Waals surface area contributed by atoms with Crippen molar-refractivity contribution in [3.8, 4) is 17.2 Å². The predicted molar refractivity (Wildman–Crippen MR) is 74.1 cm³/mol. The monoisotopic (exact) mass is 257 g/mol. The van der Waals surface area contributed by atoms with Gasteiger partial charge in [0.15, 0.2) is 0 Å². The van der Waals surface area contributed by atoms with Gasteiger partial charge in [-0.05, 0) is 24.3 Å². The number of nitrogens with zero attached hydrogens (tertiary/aromatic N) is 1. The molecule has 0 radical (unpaired) electrons. The molecule has 0 aliphatic heterocycles. The van der Waals surface area contributed by atoms with Crippen LogP contribution in [0.3, 0.4) is 0 Å². The Kier molecular flexibility index (Phi) is 4.03. The van der Waals surface area contributed by atoms with Gasteiger partial charge in [0, 0.05) is 17.3 Å². The lowest BCUT2D eigenvalue weighted by Gasteiger charge is -2.03. The van der Waals surface area contributed by atoms with Gasteiger partial charge in [-0.1, -0.05) is 18.2 Å². The van der Waals surface area contributed by atoms with E-state index in [4.69, 9.17) is 4.74 Å². The van der Waals surface area contributed by atoms with Gasteiger partial charge in [0.1, 0.15) is 17.2 Å². The number of aromatic hydroxyl groups is 2. The van der Waals surface area contributed by atoms with Gasteiger partial charge in [0.2, 0.25) is 0 Å². The third-order valence-corrected chi connectivity index (χ3v) is 2.72. The van der Waals surface area contributed by atoms with E-state index in [2.05, 4.69) is 4.99 Å². The second-order valence-corrected chi connectivity index (χ2v) is 4.02. The van der Waals surface area contributed by atoms with E-state index in [-0.39, 0.29) is 11.5 Å². The summed E-state index contributed by atoms with van der Waals surface area (Å²) in [5.74, 6) is 1.01. The first kappa shape index (κ1) is 13.0. The smallest absolute Gasteiger partial charge is 0.124 e. The second kappa shape index (κ2) is 5.91. The molecular weight excluding hydrogens is 242 g/mol. The highest BCUT2D eigenvalue weighted by molar-refractivity contribution is 5.84. The maximum Gasteiger partial charge on any atom is 0.124 e. The fourth-order valence-electron chi connectivity index (χ4n) is 1.65. The summed E-state index contributed by atoms with van der Waals surface area (Å²) >= 11 is 0. The normalized spacial score (nSPS) is 10.8. The topological polar surface area (TPSA) is 62.0 Å². The van der Waals surface area contributed by atoms with Crippen LogP contribution in [0.15, 0.2) is 47.5 Å². The molecule has 19 heavy (non-hydrogen) atoms. The van der Waals surface area contributed by atoms with Gasteiger partial charge in [-0.3, -0.25) is 4.99 Å². The number of rotatable bonds is 4. The molecule has 0 atom stereocenters. The highest BCUT2D eigenvalue weighted by Crippen LogP contribution is 2.21. The maximum atomic E-state index is 9.69. The summed E-state index contributed by atoms with van der Waals surface area (Å²) in [4.78, 5) is 4.21. The van der Waals surface area contributed by atoms with Gasteiger partial charge in [-0.15, -0.1) is 0 Å². The van der Waals surface area contributed by atoms with E-state index < -0.39 is 0 Å². The lowest BCUT2D eigenvalue weighted by atomic mass is 10.2. The van der Waals surface area contributed by atoms with Crippen molar-refractivity contribution in [2.75, 3.05) is 7.11 Å². The highest BCUT2D eigenvalue weighted by Gasteiger charge is 2.01. The molecule has 0 heterocycles. The van der Waals surface area contributed by atoms with Gasteiger partial charge < -0.3 is 14.9 Å². The van der Waals surface area contributed by atoms with Crippen LogP contribution in [0.1, 0.15) is 11.1 Å². The van der Waals surface area contributed by atoms with Crippen LogP contribution >= 0.6 is 0 Å². The molecule has 0 aliphatic carbocycles. The SMILES string of the molecule is COc1ccc(O)c(C=NCc2ccccc2O)c1. The molecular formula is C15H15NO3. The van der Waals surface area contributed by atoms with Crippen LogP contribution in [0.4, 0.5) is 0 Å². The molecule has 0 aromatic heterocycles. The van der Waals surface area contributed by atoms with Gasteiger partial charge in [-0.2, -0.15) is 0 Å². The Hall–Kier alpha value is -2.49. The molecule has 2 aromatic rings. The summed E-state index contributed by atoms with van der Waals surface area (Å²) in [7, 11) is 1.56. The van der Waals surface area contributed by atoms with Crippen LogP contribution in [-0.2, 0) is 6.54 Å². The van der Waals surface area contributed by atoms with Gasteiger partial charge in [-0.25, -0.2) is 0 Å². The van der Waals surface area contributed by atoms with Crippen molar-refractivity contribution in [1.82, 2.24) is 0 Å². The minimum Gasteiger partial charge on any atom is -0.508 e. The summed E-state index contributed by atoms with van der Waals surface area (Å²) < 4.78 is 5.08. The van der Waals surface area contributed by atoms with E-state index in [1.54, 1.807) is 49.7 Å². The molecule has 0 bridgehead atoms. The minimum absolute atomic E-state index is 0.141. The minimum atomic E-state index is 0.141. The predicted octanol–water partition coefficient (Wildman–Crippen LogP) is 2.73. The standard InChI is InChI=1S/C15H15NO3/c1-19-13-6-7-15(18)12(8-13)10-16-9-11-4-2-3-5-14(11)17/h2-8,10,17-18H,9H2,1H3. The van der Waals surface area contributed by atoms with E-state index in [0.29, 0.717) is 17.9 Å². The van der Waals surface area contributed by atoms with Crippen LogP contribution in [0.25, 0.3) is 0 Å². The number of methoxy groups -OCH3 is 1. The Balaban J connectivity index is 2.13. The highest BCUT2D eigenvalue weighted by atomic mass is 16.5. The van der Waals surface area contributed by atoms with Crippen LogP contribution in [0, 0.1) is 0 Å². The third-order valence-electron chi connectivity index (χ3n) is 2.72. The van der Waals surface area contributed by atoms with Gasteiger partial charge in [0.25, 0.3) is 0 Å². The van der Waals surface area contributed by atoms with Crippen molar-refractivity contribution in [2.24, 2.45) is 4.99 Å². The first-order valence-corrected chi connectivity index (χ1v) is 5.84. The average molecular weight is 257 g/mol. The second-order valence-electron chi connectivity index (χ2n) is 4.02. The number of ether oxygens (including phenoxy) is 1. The zero-order valence-corrected chi connectivity index (χ0v) is 10.6. The zero-order valence-electron chi connectivity index (χ0n) is 10.6. The largest absolute Gasteiger partial charge is 0.508 e. The molecule has 98 valence electrons. The van der Waals surface area contributed by atoms with Crippen LogP contribution in [-0.4, -0.2) is 23.5 Å². The molecule has 0 saturated carbocycles. The fraction of sp³-hybridized carbons (Fsp3) is 0.133. The Morgan fingerprint density at radius 3 is 2.63 bits per heavy atom. The molecule has 0 spiro atoms. The molecule has 0 aliphatic rings. The van der Waals surface area contributed by atoms with Crippen LogP contribution in [0.2, 0.25) is 0 Å². The van der Waals surface area contributed by atoms with Crippen molar-refractivity contribution >= 4 is 6.21 Å². The first-order chi connectivity index (χ1) is 9.20. The molecule has 0 saturated heterocycles. The summed E-state index contributed by atoms with van der Waals surface area (Å²) in [6.07, 6.45) is 1.56. The Morgan fingerprint density at radius 1 is 1.11 bits per heavy atom. The summed E-state index contributed by atoms with van der Waals surface area (Å²) in [5.41, 5.74) is 1.32. The van der Waals surface area contributed by atoms with Crippen LogP contribution in [0.5, 0.6) is 17.2 Å². The quantitative estimate of drug-likeness (QED) is 0.828. The third kappa shape index (κ3) is 3.25. The Bertz CT molecular complexity index is 594. The number of hydrogen-bond acceptors (Lipinski definition) is 4. The van der Waals surface area contributed by atoms with Crippen molar-refractivity contribution in [3.63, 3.8) is 0 Å². The van der Waals surface area contributed by atoms with E-state index in [1.807, 2.05) is 6.07 Å². The molecule has 0 fully saturated rings. The van der Waals surface area contributed by atoms with E-state index in [9.17, 15) is 10.2 Å². The van der Waals surface area contributed by atoms with Gasteiger partial charge in [0.05, 0.1) is 13.7 Å². The van der Waals surface area contributed by atoms with Crippen molar-refractivity contribution < 1.29 is 14.9 Å². The fourth-order valence-corrected chi connectivity index (χ4v) is 1.65. The summed E-state index contributed by atoms with van der Waals surface area (Å²) in [5, 5.41) is 19.3. The average Bonchev–Trinajstić information content (AvgIpc) is 2.43. The molecule has 4 heteroatoms. The zero-order chi connectivity index (χ0) is 13.7. The Morgan fingerprint density at radius 2 is 1.89 bits per heavy atom. The van der Waals surface area contributed by atoms with Crippen molar-refractivity contribution in [2.45, 2.75) is 6.54 Å². The number of hydrogen-bond donors (Lipinski definition) is 2. The number of aliphatic imine (C=N–C) groups is 1. The number of benzene rings is 2. The lowest BCUT2D eigenvalue weighted by Crippen LogP contribution is -1.88. The molecule has 2 rings (SSSR count). The molecule has 2 aromatic carbocycles. The van der Waals surface area contributed by atoms with E-state index in [1.165, 1.54) is 0 Å². The van der Waals surface area contributed by atoms with E-state index >= 15 is 0 Å². The van der Waals surface area contributed by atoms with Crippen LogP contribution < -0.4 is 4.74 Å². The van der Waals surface area contributed by atoms with Crippen molar-refractivity contribution in [3.05, 3.63) is 53.6 Å².